The largest absolute Gasteiger partial charge is 0.366 e. The van der Waals surface area contributed by atoms with Gasteiger partial charge in [0, 0.05) is 23.7 Å². The molecule has 1 nitrogen and oxygen atoms in total. The lowest BCUT2D eigenvalue weighted by Crippen LogP contribution is -2.38. The minimum absolute atomic E-state index is 0.122. The summed E-state index contributed by atoms with van der Waals surface area (Å²) in [5.41, 5.74) is 1.93. The van der Waals surface area contributed by atoms with Gasteiger partial charge < -0.3 is 4.90 Å². The monoisotopic (exact) mass is 241 g/mol. The molecule has 0 atom stereocenters. The molecular weight excluding hydrogens is 225 g/mol. The molecule has 1 aromatic carbocycles. The van der Waals surface area contributed by atoms with Crippen LogP contribution in [0.5, 0.6) is 0 Å². The molecule has 0 saturated carbocycles. The molecule has 16 heavy (non-hydrogen) atoms. The quantitative estimate of drug-likeness (QED) is 0.709. The van der Waals surface area contributed by atoms with Gasteiger partial charge >= 0.3 is 0 Å². The Morgan fingerprint density at radius 1 is 1.38 bits per heavy atom. The van der Waals surface area contributed by atoms with Crippen molar-refractivity contribution in [2.24, 2.45) is 0 Å². The first-order valence-electron chi connectivity index (χ1n) is 5.66. The van der Waals surface area contributed by atoms with Gasteiger partial charge in [-0.1, -0.05) is 0 Å². The molecule has 1 aliphatic heterocycles. The zero-order valence-electron chi connectivity index (χ0n) is 9.76. The topological polar surface area (TPSA) is 3.24 Å². The van der Waals surface area contributed by atoms with Crippen LogP contribution in [-0.2, 0) is 5.88 Å². The summed E-state index contributed by atoms with van der Waals surface area (Å²) in [5, 5.41) is 0. The van der Waals surface area contributed by atoms with Gasteiger partial charge in [-0.2, -0.15) is 0 Å². The minimum Gasteiger partial charge on any atom is -0.366 e. The smallest absolute Gasteiger partial charge is 0.125 e. The maximum absolute atomic E-state index is 13.4. The summed E-state index contributed by atoms with van der Waals surface area (Å²) in [5.74, 6) is 0.162. The molecule has 88 valence electrons. The van der Waals surface area contributed by atoms with Crippen LogP contribution in [0.1, 0.15) is 32.3 Å². The lowest BCUT2D eigenvalue weighted by Gasteiger charge is -2.34. The Morgan fingerprint density at radius 2 is 2.12 bits per heavy atom. The number of hydrogen-bond acceptors (Lipinski definition) is 1. The molecule has 0 aromatic heterocycles. The average Bonchev–Trinajstić information content (AvgIpc) is 2.57. The van der Waals surface area contributed by atoms with Crippen LogP contribution in [-0.4, -0.2) is 12.1 Å². The molecule has 1 fully saturated rings. The molecule has 0 spiro atoms. The highest BCUT2D eigenvalue weighted by molar-refractivity contribution is 6.17. The first-order valence-corrected chi connectivity index (χ1v) is 6.19. The summed E-state index contributed by atoms with van der Waals surface area (Å²) in [6.45, 7) is 5.40. The SMILES string of the molecule is CC1(C)CCCN1c1cc(F)cc(CCl)c1. The molecule has 1 aliphatic rings. The maximum Gasteiger partial charge on any atom is 0.125 e. The van der Waals surface area contributed by atoms with E-state index in [1.54, 1.807) is 6.07 Å². The van der Waals surface area contributed by atoms with Crippen LogP contribution in [0.25, 0.3) is 0 Å². The fourth-order valence-electron chi connectivity index (χ4n) is 2.45. The highest BCUT2D eigenvalue weighted by Crippen LogP contribution is 2.34. The van der Waals surface area contributed by atoms with Crippen LogP contribution >= 0.6 is 11.6 Å². The zero-order chi connectivity index (χ0) is 11.8. The normalized spacial score (nSPS) is 19.1. The molecule has 1 saturated heterocycles. The van der Waals surface area contributed by atoms with Crippen molar-refractivity contribution < 1.29 is 4.39 Å². The second-order valence-corrected chi connectivity index (χ2v) is 5.29. The van der Waals surface area contributed by atoms with Crippen molar-refractivity contribution in [2.75, 3.05) is 11.4 Å². The van der Waals surface area contributed by atoms with Crippen molar-refractivity contribution in [2.45, 2.75) is 38.1 Å². The van der Waals surface area contributed by atoms with Gasteiger partial charge in [-0.05, 0) is 50.5 Å². The Morgan fingerprint density at radius 3 is 2.69 bits per heavy atom. The van der Waals surface area contributed by atoms with Crippen LogP contribution in [0.4, 0.5) is 10.1 Å². The standard InChI is InChI=1S/C13H17ClFN/c1-13(2)4-3-5-16(13)12-7-10(9-14)6-11(15)8-12/h6-8H,3-5,9H2,1-2H3. The van der Waals surface area contributed by atoms with E-state index >= 15 is 0 Å². The number of benzene rings is 1. The van der Waals surface area contributed by atoms with Gasteiger partial charge in [0.15, 0.2) is 0 Å². The number of rotatable bonds is 2. The predicted octanol–water partition coefficient (Wildman–Crippen LogP) is 3.94. The molecule has 0 N–H and O–H groups in total. The molecule has 0 radical (unpaired) electrons. The van der Waals surface area contributed by atoms with E-state index in [0.29, 0.717) is 5.88 Å². The Bertz CT molecular complexity index is 390. The molecule has 2 rings (SSSR count). The predicted molar refractivity (Wildman–Crippen MR) is 66.6 cm³/mol. The van der Waals surface area contributed by atoms with E-state index in [9.17, 15) is 4.39 Å². The van der Waals surface area contributed by atoms with Crippen molar-refractivity contribution >= 4 is 17.3 Å². The second kappa shape index (κ2) is 4.25. The number of nitrogens with zero attached hydrogens (tertiary/aromatic N) is 1. The van der Waals surface area contributed by atoms with Gasteiger partial charge in [-0.25, -0.2) is 4.39 Å². The number of hydrogen-bond donors (Lipinski definition) is 0. The van der Waals surface area contributed by atoms with Gasteiger partial charge in [0.05, 0.1) is 0 Å². The summed E-state index contributed by atoms with van der Waals surface area (Å²) in [4.78, 5) is 2.27. The number of anilines is 1. The van der Waals surface area contributed by atoms with E-state index in [-0.39, 0.29) is 11.4 Å². The van der Waals surface area contributed by atoms with E-state index in [2.05, 4.69) is 18.7 Å². The van der Waals surface area contributed by atoms with Crippen LogP contribution in [0, 0.1) is 5.82 Å². The Balaban J connectivity index is 2.36. The van der Waals surface area contributed by atoms with Crippen molar-refractivity contribution in [3.63, 3.8) is 0 Å². The minimum atomic E-state index is -0.198. The molecule has 0 amide bonds. The van der Waals surface area contributed by atoms with Gasteiger partial charge in [0.2, 0.25) is 0 Å². The average molecular weight is 242 g/mol. The maximum atomic E-state index is 13.4. The van der Waals surface area contributed by atoms with Gasteiger partial charge in [0.25, 0.3) is 0 Å². The zero-order valence-corrected chi connectivity index (χ0v) is 10.5. The lowest BCUT2D eigenvalue weighted by molar-refractivity contribution is 0.516. The van der Waals surface area contributed by atoms with Crippen molar-refractivity contribution in [1.29, 1.82) is 0 Å². The molecule has 1 heterocycles. The van der Waals surface area contributed by atoms with Crippen molar-refractivity contribution in [3.8, 4) is 0 Å². The first-order chi connectivity index (χ1) is 7.53. The van der Waals surface area contributed by atoms with Crippen molar-refractivity contribution in [1.82, 2.24) is 0 Å². The molecule has 3 heteroatoms. The van der Waals surface area contributed by atoms with Gasteiger partial charge in [-0.15, -0.1) is 11.6 Å². The molecule has 0 bridgehead atoms. The van der Waals surface area contributed by atoms with Crippen LogP contribution in [0.3, 0.4) is 0 Å². The van der Waals surface area contributed by atoms with E-state index in [1.165, 1.54) is 12.5 Å². The van der Waals surface area contributed by atoms with Crippen LogP contribution < -0.4 is 4.90 Å². The third kappa shape index (κ3) is 2.17. The molecule has 0 aliphatic carbocycles. The van der Waals surface area contributed by atoms with Crippen molar-refractivity contribution in [3.05, 3.63) is 29.6 Å². The van der Waals surface area contributed by atoms with Crippen LogP contribution in [0.2, 0.25) is 0 Å². The van der Waals surface area contributed by atoms with E-state index < -0.39 is 0 Å². The molecular formula is C13H17ClFN. The highest BCUT2D eigenvalue weighted by Gasteiger charge is 2.32. The number of alkyl halides is 1. The van der Waals surface area contributed by atoms with E-state index in [4.69, 9.17) is 11.6 Å². The Hall–Kier alpha value is -0.760. The van der Waals surface area contributed by atoms with E-state index in [1.807, 2.05) is 6.07 Å². The summed E-state index contributed by atoms with van der Waals surface area (Å²) >= 11 is 5.76. The van der Waals surface area contributed by atoms with Crippen LogP contribution in [0.15, 0.2) is 18.2 Å². The lowest BCUT2D eigenvalue weighted by atomic mass is 10.0. The summed E-state index contributed by atoms with van der Waals surface area (Å²) in [6, 6.07) is 5.09. The molecule has 1 aromatic rings. The summed E-state index contributed by atoms with van der Waals surface area (Å²) in [7, 11) is 0. The summed E-state index contributed by atoms with van der Waals surface area (Å²) in [6.07, 6.45) is 2.32. The van der Waals surface area contributed by atoms with Gasteiger partial charge in [0.1, 0.15) is 5.82 Å². The number of halogens is 2. The highest BCUT2D eigenvalue weighted by atomic mass is 35.5. The fraction of sp³-hybridized carbons (Fsp3) is 0.538. The Kier molecular flexibility index (Phi) is 3.11. The fourth-order valence-corrected chi connectivity index (χ4v) is 2.61. The summed E-state index contributed by atoms with van der Waals surface area (Å²) < 4.78 is 13.4. The first kappa shape index (κ1) is 11.7. The van der Waals surface area contributed by atoms with E-state index in [0.717, 1.165) is 24.2 Å². The Labute approximate surface area is 101 Å². The third-order valence-corrected chi connectivity index (χ3v) is 3.62. The van der Waals surface area contributed by atoms with Gasteiger partial charge in [-0.3, -0.25) is 0 Å². The molecule has 0 unspecified atom stereocenters. The third-order valence-electron chi connectivity index (χ3n) is 3.31. The second-order valence-electron chi connectivity index (χ2n) is 5.02.